The molecule has 0 spiro atoms. The predicted octanol–water partition coefficient (Wildman–Crippen LogP) is 0.180. The zero-order chi connectivity index (χ0) is 8.97. The van der Waals surface area contributed by atoms with E-state index in [2.05, 4.69) is 11.9 Å². The van der Waals surface area contributed by atoms with E-state index in [0.29, 0.717) is 12.6 Å². The number of hydrogen-bond acceptors (Lipinski definition) is 3. The lowest BCUT2D eigenvalue weighted by Gasteiger charge is -2.21. The van der Waals surface area contributed by atoms with Crippen LogP contribution in [0.3, 0.4) is 0 Å². The standard InChI is InChI=1S/C9H20N2O/c1-11-6-2-3-8(11)7-9(12)4-5-10/h8-9,12H,2-7,10H2,1H3. The van der Waals surface area contributed by atoms with E-state index in [-0.39, 0.29) is 6.10 Å². The van der Waals surface area contributed by atoms with E-state index in [1.807, 2.05) is 0 Å². The number of hydrogen-bond donors (Lipinski definition) is 2. The van der Waals surface area contributed by atoms with Crippen molar-refractivity contribution in [3.8, 4) is 0 Å². The quantitative estimate of drug-likeness (QED) is 0.636. The second kappa shape index (κ2) is 4.80. The summed E-state index contributed by atoms with van der Waals surface area (Å²) in [7, 11) is 2.13. The van der Waals surface area contributed by atoms with E-state index >= 15 is 0 Å². The maximum absolute atomic E-state index is 9.52. The molecule has 0 saturated carbocycles. The summed E-state index contributed by atoms with van der Waals surface area (Å²) < 4.78 is 0. The Balaban J connectivity index is 2.20. The van der Waals surface area contributed by atoms with Crippen molar-refractivity contribution in [2.75, 3.05) is 20.1 Å². The van der Waals surface area contributed by atoms with Crippen molar-refractivity contribution in [2.24, 2.45) is 5.73 Å². The van der Waals surface area contributed by atoms with Crippen molar-refractivity contribution in [3.05, 3.63) is 0 Å². The summed E-state index contributed by atoms with van der Waals surface area (Å²) in [6.07, 6.45) is 3.95. The van der Waals surface area contributed by atoms with Crippen molar-refractivity contribution < 1.29 is 5.11 Å². The molecule has 0 amide bonds. The van der Waals surface area contributed by atoms with Crippen LogP contribution in [0.15, 0.2) is 0 Å². The van der Waals surface area contributed by atoms with Crippen molar-refractivity contribution in [1.82, 2.24) is 4.90 Å². The summed E-state index contributed by atoms with van der Waals surface area (Å²) in [4.78, 5) is 2.33. The molecule has 1 aliphatic heterocycles. The number of likely N-dealkylation sites (tertiary alicyclic amines) is 1. The van der Waals surface area contributed by atoms with Crippen LogP contribution in [-0.2, 0) is 0 Å². The first-order valence-electron chi connectivity index (χ1n) is 4.82. The molecular formula is C9H20N2O. The van der Waals surface area contributed by atoms with Gasteiger partial charge in [0.25, 0.3) is 0 Å². The zero-order valence-corrected chi connectivity index (χ0v) is 7.87. The molecule has 3 N–H and O–H groups in total. The predicted molar refractivity (Wildman–Crippen MR) is 49.9 cm³/mol. The van der Waals surface area contributed by atoms with E-state index < -0.39 is 0 Å². The molecule has 3 heteroatoms. The van der Waals surface area contributed by atoms with Gasteiger partial charge in [-0.1, -0.05) is 0 Å². The molecule has 0 aromatic heterocycles. The van der Waals surface area contributed by atoms with Gasteiger partial charge in [0, 0.05) is 6.04 Å². The van der Waals surface area contributed by atoms with Crippen LogP contribution < -0.4 is 5.73 Å². The lowest BCUT2D eigenvalue weighted by atomic mass is 10.1. The van der Waals surface area contributed by atoms with Crippen LogP contribution in [0.2, 0.25) is 0 Å². The fraction of sp³-hybridized carbons (Fsp3) is 1.00. The molecule has 1 saturated heterocycles. The van der Waals surface area contributed by atoms with E-state index in [9.17, 15) is 5.11 Å². The van der Waals surface area contributed by atoms with Gasteiger partial charge >= 0.3 is 0 Å². The normalized spacial score (nSPS) is 27.8. The third-order valence-electron chi connectivity index (χ3n) is 2.72. The van der Waals surface area contributed by atoms with E-state index in [1.54, 1.807) is 0 Å². The van der Waals surface area contributed by atoms with Gasteiger partial charge in [0.1, 0.15) is 0 Å². The Labute approximate surface area is 74.5 Å². The number of nitrogens with two attached hydrogens (primary N) is 1. The summed E-state index contributed by atoms with van der Waals surface area (Å²) >= 11 is 0. The zero-order valence-electron chi connectivity index (χ0n) is 7.87. The van der Waals surface area contributed by atoms with Crippen LogP contribution >= 0.6 is 0 Å². The molecule has 0 radical (unpaired) electrons. The minimum Gasteiger partial charge on any atom is -0.393 e. The highest BCUT2D eigenvalue weighted by molar-refractivity contribution is 4.78. The highest BCUT2D eigenvalue weighted by Gasteiger charge is 2.22. The molecule has 2 unspecified atom stereocenters. The van der Waals surface area contributed by atoms with Gasteiger partial charge < -0.3 is 15.7 Å². The molecule has 0 aromatic rings. The first kappa shape index (κ1) is 9.96. The third kappa shape index (κ3) is 2.73. The van der Waals surface area contributed by atoms with E-state index in [0.717, 1.165) is 12.8 Å². The SMILES string of the molecule is CN1CCCC1CC(O)CCN. The molecule has 2 atom stereocenters. The highest BCUT2D eigenvalue weighted by atomic mass is 16.3. The van der Waals surface area contributed by atoms with Gasteiger partial charge in [-0.05, 0) is 45.8 Å². The van der Waals surface area contributed by atoms with E-state index in [1.165, 1.54) is 19.4 Å². The average molecular weight is 172 g/mol. The summed E-state index contributed by atoms with van der Waals surface area (Å²) in [5.41, 5.74) is 5.36. The first-order valence-corrected chi connectivity index (χ1v) is 4.82. The lowest BCUT2D eigenvalue weighted by Crippen LogP contribution is -2.29. The van der Waals surface area contributed by atoms with Gasteiger partial charge in [0.2, 0.25) is 0 Å². The molecule has 1 fully saturated rings. The van der Waals surface area contributed by atoms with Crippen LogP contribution in [0.1, 0.15) is 25.7 Å². The number of aliphatic hydroxyl groups excluding tert-OH is 1. The van der Waals surface area contributed by atoms with Gasteiger partial charge in [0.15, 0.2) is 0 Å². The average Bonchev–Trinajstić information content (AvgIpc) is 2.37. The summed E-state index contributed by atoms with van der Waals surface area (Å²) in [6, 6.07) is 0.589. The minimum atomic E-state index is -0.194. The third-order valence-corrected chi connectivity index (χ3v) is 2.72. The van der Waals surface area contributed by atoms with E-state index in [4.69, 9.17) is 5.73 Å². The Kier molecular flexibility index (Phi) is 3.98. The van der Waals surface area contributed by atoms with Crippen molar-refractivity contribution >= 4 is 0 Å². The summed E-state index contributed by atoms with van der Waals surface area (Å²) in [5.74, 6) is 0. The fourth-order valence-electron chi connectivity index (χ4n) is 1.90. The van der Waals surface area contributed by atoms with Crippen molar-refractivity contribution in [2.45, 2.75) is 37.8 Å². The van der Waals surface area contributed by atoms with Crippen LogP contribution in [0.4, 0.5) is 0 Å². The molecule has 72 valence electrons. The van der Waals surface area contributed by atoms with Crippen molar-refractivity contribution in [1.29, 1.82) is 0 Å². The van der Waals surface area contributed by atoms with Gasteiger partial charge in [-0.3, -0.25) is 0 Å². The van der Waals surface area contributed by atoms with Crippen LogP contribution in [0.5, 0.6) is 0 Å². The summed E-state index contributed by atoms with van der Waals surface area (Å²) in [6.45, 7) is 1.78. The molecule has 1 rings (SSSR count). The monoisotopic (exact) mass is 172 g/mol. The lowest BCUT2D eigenvalue weighted by molar-refractivity contribution is 0.123. The molecular weight excluding hydrogens is 152 g/mol. The van der Waals surface area contributed by atoms with Crippen molar-refractivity contribution in [3.63, 3.8) is 0 Å². The Morgan fingerprint density at radius 2 is 2.42 bits per heavy atom. The Morgan fingerprint density at radius 3 is 2.92 bits per heavy atom. The molecule has 1 aliphatic rings. The Hall–Kier alpha value is -0.120. The maximum Gasteiger partial charge on any atom is 0.0567 e. The van der Waals surface area contributed by atoms with Gasteiger partial charge in [0.05, 0.1) is 6.10 Å². The molecule has 3 nitrogen and oxygen atoms in total. The number of rotatable bonds is 4. The Morgan fingerprint density at radius 1 is 1.67 bits per heavy atom. The number of nitrogens with zero attached hydrogens (tertiary/aromatic N) is 1. The maximum atomic E-state index is 9.52. The van der Waals surface area contributed by atoms with Crippen LogP contribution in [0.25, 0.3) is 0 Å². The minimum absolute atomic E-state index is 0.194. The first-order chi connectivity index (χ1) is 5.74. The summed E-state index contributed by atoms with van der Waals surface area (Å²) in [5, 5.41) is 9.52. The highest BCUT2D eigenvalue weighted by Crippen LogP contribution is 2.19. The van der Waals surface area contributed by atoms with Gasteiger partial charge in [-0.15, -0.1) is 0 Å². The molecule has 12 heavy (non-hydrogen) atoms. The number of aliphatic hydroxyl groups is 1. The largest absolute Gasteiger partial charge is 0.393 e. The van der Waals surface area contributed by atoms with Gasteiger partial charge in [-0.25, -0.2) is 0 Å². The van der Waals surface area contributed by atoms with Gasteiger partial charge in [-0.2, -0.15) is 0 Å². The molecule has 1 heterocycles. The second-order valence-electron chi connectivity index (χ2n) is 3.74. The molecule has 0 aliphatic carbocycles. The van der Waals surface area contributed by atoms with Crippen LogP contribution in [-0.4, -0.2) is 42.3 Å². The topological polar surface area (TPSA) is 49.5 Å². The molecule has 0 aromatic carbocycles. The smallest absolute Gasteiger partial charge is 0.0567 e. The fourth-order valence-corrected chi connectivity index (χ4v) is 1.90. The molecule has 0 bridgehead atoms. The van der Waals surface area contributed by atoms with Crippen LogP contribution in [0, 0.1) is 0 Å². The Bertz CT molecular complexity index is 130. The second-order valence-corrected chi connectivity index (χ2v) is 3.74.